The lowest BCUT2D eigenvalue weighted by atomic mass is 10.1. The second-order valence-corrected chi connectivity index (χ2v) is 6.59. The van der Waals surface area contributed by atoms with Crippen LogP contribution in [0.3, 0.4) is 0 Å². The Labute approximate surface area is 171 Å². The largest absolute Gasteiger partial charge is 0.497 e. The van der Waals surface area contributed by atoms with Crippen LogP contribution in [0.15, 0.2) is 54.6 Å². The van der Waals surface area contributed by atoms with Crippen LogP contribution in [0.5, 0.6) is 5.75 Å². The van der Waals surface area contributed by atoms with Gasteiger partial charge >= 0.3 is 6.09 Å². The molecular formula is C22H28N2O5. The molecule has 0 unspecified atom stereocenters. The van der Waals surface area contributed by atoms with E-state index in [1.165, 1.54) is 0 Å². The number of nitrogens with one attached hydrogen (secondary N) is 1. The van der Waals surface area contributed by atoms with Gasteiger partial charge in [-0.2, -0.15) is 0 Å². The zero-order valence-corrected chi connectivity index (χ0v) is 16.7. The van der Waals surface area contributed by atoms with Crippen LogP contribution in [0.4, 0.5) is 10.5 Å². The van der Waals surface area contributed by atoms with Gasteiger partial charge in [-0.3, -0.25) is 14.9 Å². The van der Waals surface area contributed by atoms with Gasteiger partial charge in [0, 0.05) is 18.7 Å². The Morgan fingerprint density at radius 1 is 0.966 bits per heavy atom. The van der Waals surface area contributed by atoms with E-state index in [-0.39, 0.29) is 18.9 Å². The lowest BCUT2D eigenvalue weighted by Gasteiger charge is -2.22. The van der Waals surface area contributed by atoms with Gasteiger partial charge in [0.25, 0.3) is 0 Å². The molecule has 0 atom stereocenters. The number of anilines is 1. The molecule has 7 nitrogen and oxygen atoms in total. The molecule has 0 radical (unpaired) electrons. The van der Waals surface area contributed by atoms with Crippen molar-refractivity contribution in [3.05, 3.63) is 60.2 Å². The second-order valence-electron chi connectivity index (χ2n) is 6.59. The summed E-state index contributed by atoms with van der Waals surface area (Å²) in [6.07, 6.45) is 3.04. The van der Waals surface area contributed by atoms with Crippen LogP contribution in [0.2, 0.25) is 0 Å². The molecule has 0 saturated carbocycles. The number of hydroxylamine groups is 1. The number of hydrogen-bond donors (Lipinski definition) is 2. The molecule has 0 spiro atoms. The van der Waals surface area contributed by atoms with E-state index in [2.05, 4.69) is 0 Å². The van der Waals surface area contributed by atoms with Crippen LogP contribution >= 0.6 is 0 Å². The first-order chi connectivity index (χ1) is 14.1. The number of amides is 2. The van der Waals surface area contributed by atoms with Gasteiger partial charge < -0.3 is 9.47 Å². The fraction of sp³-hybridized carbons (Fsp3) is 0.364. The van der Waals surface area contributed by atoms with Crippen molar-refractivity contribution in [1.29, 1.82) is 0 Å². The Kier molecular flexibility index (Phi) is 9.51. The molecule has 29 heavy (non-hydrogen) atoms. The summed E-state index contributed by atoms with van der Waals surface area (Å²) in [4.78, 5) is 25.4. The molecule has 0 aromatic heterocycles. The van der Waals surface area contributed by atoms with Crippen molar-refractivity contribution in [2.45, 2.75) is 38.7 Å². The molecule has 2 amide bonds. The summed E-state index contributed by atoms with van der Waals surface area (Å²) in [7, 11) is 1.60. The van der Waals surface area contributed by atoms with E-state index in [4.69, 9.17) is 14.7 Å². The van der Waals surface area contributed by atoms with E-state index in [0.29, 0.717) is 18.7 Å². The number of ether oxygens (including phenoxy) is 2. The Bertz CT molecular complexity index is 750. The van der Waals surface area contributed by atoms with Gasteiger partial charge in [0.05, 0.1) is 7.11 Å². The lowest BCUT2D eigenvalue weighted by molar-refractivity contribution is -0.129. The van der Waals surface area contributed by atoms with Gasteiger partial charge in [0.2, 0.25) is 5.91 Å². The molecule has 0 aliphatic rings. The van der Waals surface area contributed by atoms with Crippen molar-refractivity contribution >= 4 is 17.7 Å². The Hall–Kier alpha value is -3.06. The third kappa shape index (κ3) is 7.83. The van der Waals surface area contributed by atoms with Crippen molar-refractivity contribution in [2.75, 3.05) is 18.6 Å². The van der Waals surface area contributed by atoms with Gasteiger partial charge in [-0.05, 0) is 42.7 Å². The second kappa shape index (κ2) is 12.4. The Morgan fingerprint density at radius 3 is 2.31 bits per heavy atom. The first-order valence-corrected chi connectivity index (χ1v) is 9.69. The minimum absolute atomic E-state index is 0.211. The van der Waals surface area contributed by atoms with Crippen LogP contribution in [0, 0.1) is 0 Å². The van der Waals surface area contributed by atoms with Crippen molar-refractivity contribution in [2.24, 2.45) is 0 Å². The van der Waals surface area contributed by atoms with Gasteiger partial charge in [-0.1, -0.05) is 43.2 Å². The maximum absolute atomic E-state index is 12.7. The van der Waals surface area contributed by atoms with Gasteiger partial charge in [0.1, 0.15) is 12.4 Å². The van der Waals surface area contributed by atoms with Crippen LogP contribution in [0.1, 0.15) is 37.7 Å². The highest BCUT2D eigenvalue weighted by Gasteiger charge is 2.17. The molecule has 0 aliphatic carbocycles. The number of carbonyl (C=O) groups excluding carboxylic acids is 2. The molecule has 0 bridgehead atoms. The zero-order chi connectivity index (χ0) is 20.9. The summed E-state index contributed by atoms with van der Waals surface area (Å²) in [5.41, 5.74) is 3.30. The Morgan fingerprint density at radius 2 is 1.66 bits per heavy atom. The summed E-state index contributed by atoms with van der Waals surface area (Å²) in [6.45, 7) is 0.717. The summed E-state index contributed by atoms with van der Waals surface area (Å²) < 4.78 is 10.7. The molecule has 2 aromatic rings. The van der Waals surface area contributed by atoms with Crippen molar-refractivity contribution in [3.63, 3.8) is 0 Å². The van der Waals surface area contributed by atoms with E-state index >= 15 is 0 Å². The molecule has 0 aliphatic heterocycles. The minimum Gasteiger partial charge on any atom is -0.497 e. The van der Waals surface area contributed by atoms with E-state index < -0.39 is 6.09 Å². The highest BCUT2D eigenvalue weighted by atomic mass is 16.6. The van der Waals surface area contributed by atoms with Gasteiger partial charge in [-0.15, -0.1) is 0 Å². The summed E-state index contributed by atoms with van der Waals surface area (Å²) in [5.74, 6) is 0.336. The number of nitrogens with zero attached hydrogens (tertiary/aromatic N) is 1. The minimum atomic E-state index is -0.404. The average Bonchev–Trinajstić information content (AvgIpc) is 2.77. The van der Waals surface area contributed by atoms with Gasteiger partial charge in [-0.25, -0.2) is 10.3 Å². The van der Waals surface area contributed by atoms with E-state index in [0.717, 1.165) is 30.5 Å². The van der Waals surface area contributed by atoms with Gasteiger partial charge in [0.15, 0.2) is 0 Å². The molecule has 156 valence electrons. The van der Waals surface area contributed by atoms with Crippen LogP contribution < -0.4 is 15.1 Å². The average molecular weight is 400 g/mol. The molecular weight excluding hydrogens is 372 g/mol. The number of benzene rings is 2. The fourth-order valence-electron chi connectivity index (χ4n) is 2.85. The topological polar surface area (TPSA) is 88.1 Å². The molecule has 2 aromatic carbocycles. The standard InChI is InChI=1S/C22H28N2O5/c1-28-20-14-12-19(13-15-20)24(16-8-3-2-7-11-21(25)23-27)22(26)29-17-18-9-5-4-6-10-18/h4-6,9-10,12-15,27H,2-3,7-8,11,16-17H2,1H3,(H,23,25). The normalized spacial score (nSPS) is 10.3. The Balaban J connectivity index is 1.91. The summed E-state index contributed by atoms with van der Waals surface area (Å²) in [5, 5.41) is 8.50. The fourth-order valence-corrected chi connectivity index (χ4v) is 2.85. The SMILES string of the molecule is COc1ccc(N(CCCCCCC(=O)NO)C(=O)OCc2ccccc2)cc1. The predicted octanol–water partition coefficient (Wildman–Crippen LogP) is 4.29. The van der Waals surface area contributed by atoms with E-state index in [1.807, 2.05) is 42.5 Å². The van der Waals surface area contributed by atoms with Crippen molar-refractivity contribution < 1.29 is 24.3 Å². The highest BCUT2D eigenvalue weighted by Crippen LogP contribution is 2.21. The molecule has 0 saturated heterocycles. The van der Waals surface area contributed by atoms with Crippen LogP contribution in [-0.2, 0) is 16.1 Å². The lowest BCUT2D eigenvalue weighted by Crippen LogP contribution is -2.32. The highest BCUT2D eigenvalue weighted by molar-refractivity contribution is 5.87. The number of hydrogen-bond acceptors (Lipinski definition) is 5. The monoisotopic (exact) mass is 400 g/mol. The third-order valence-corrected chi connectivity index (χ3v) is 4.47. The van der Waals surface area contributed by atoms with Crippen molar-refractivity contribution in [1.82, 2.24) is 5.48 Å². The quantitative estimate of drug-likeness (QED) is 0.334. The summed E-state index contributed by atoms with van der Waals surface area (Å²) in [6, 6.07) is 16.8. The maximum Gasteiger partial charge on any atom is 0.414 e. The van der Waals surface area contributed by atoms with Crippen molar-refractivity contribution in [3.8, 4) is 5.75 Å². The smallest absolute Gasteiger partial charge is 0.414 e. The predicted molar refractivity (Wildman–Crippen MR) is 110 cm³/mol. The zero-order valence-electron chi connectivity index (χ0n) is 16.7. The summed E-state index contributed by atoms with van der Waals surface area (Å²) >= 11 is 0. The number of methoxy groups -OCH3 is 1. The number of rotatable bonds is 11. The first-order valence-electron chi connectivity index (χ1n) is 9.69. The number of carbonyl (C=O) groups is 2. The molecule has 7 heteroatoms. The third-order valence-electron chi connectivity index (χ3n) is 4.47. The number of unbranched alkanes of at least 4 members (excludes halogenated alkanes) is 3. The van der Waals surface area contributed by atoms with E-state index in [9.17, 15) is 9.59 Å². The first kappa shape index (κ1) is 22.2. The van der Waals surface area contributed by atoms with Crippen LogP contribution in [0.25, 0.3) is 0 Å². The molecule has 2 rings (SSSR count). The maximum atomic E-state index is 12.7. The van der Waals surface area contributed by atoms with E-state index in [1.54, 1.807) is 29.6 Å². The van der Waals surface area contributed by atoms with Crippen LogP contribution in [-0.4, -0.2) is 30.9 Å². The molecule has 0 heterocycles. The molecule has 0 fully saturated rings. The molecule has 2 N–H and O–H groups in total.